The number of amides is 1. The van der Waals surface area contributed by atoms with Gasteiger partial charge in [-0.2, -0.15) is 0 Å². The van der Waals surface area contributed by atoms with Crippen molar-refractivity contribution in [2.24, 2.45) is 5.73 Å². The molecular formula is C29H34N2O11. The van der Waals surface area contributed by atoms with Crippen LogP contribution in [0.5, 0.6) is 0 Å². The van der Waals surface area contributed by atoms with E-state index >= 15 is 0 Å². The number of aliphatic hydroxyl groups is 1. The predicted molar refractivity (Wildman–Crippen MR) is 145 cm³/mol. The lowest BCUT2D eigenvalue weighted by Gasteiger charge is -2.49. The minimum absolute atomic E-state index is 0.00109. The van der Waals surface area contributed by atoms with Gasteiger partial charge in [0.05, 0.1) is 6.61 Å². The Kier molecular flexibility index (Phi) is 9.78. The molecule has 0 spiro atoms. The van der Waals surface area contributed by atoms with Gasteiger partial charge in [0.1, 0.15) is 19.3 Å². The highest BCUT2D eigenvalue weighted by Crippen LogP contribution is 2.44. The molecule has 0 saturated carbocycles. The number of rotatable bonds is 10. The fourth-order valence-corrected chi connectivity index (χ4v) is 5.19. The van der Waals surface area contributed by atoms with Crippen LogP contribution in [0.25, 0.3) is 11.1 Å². The van der Waals surface area contributed by atoms with Gasteiger partial charge in [-0.15, -0.1) is 0 Å². The number of fused-ring (bicyclic) bond motifs is 3. The molecule has 13 heteroatoms. The van der Waals surface area contributed by atoms with E-state index in [-0.39, 0.29) is 25.7 Å². The molecule has 4 N–H and O–H groups in total. The molecule has 2 aromatic rings. The molecule has 2 aromatic carbocycles. The van der Waals surface area contributed by atoms with Crippen LogP contribution in [0, 0.1) is 0 Å². The quantitative estimate of drug-likeness (QED) is 0.207. The van der Waals surface area contributed by atoms with Crippen molar-refractivity contribution in [3.8, 4) is 11.1 Å². The Balaban J connectivity index is 1.60. The van der Waals surface area contributed by atoms with Crippen molar-refractivity contribution in [2.75, 3.05) is 26.4 Å². The summed E-state index contributed by atoms with van der Waals surface area (Å²) in [5, 5.41) is 14.1. The minimum Gasteiger partial charge on any atom is -0.463 e. The Labute approximate surface area is 242 Å². The smallest absolute Gasteiger partial charge is 0.409 e. The van der Waals surface area contributed by atoms with Gasteiger partial charge in [-0.1, -0.05) is 48.5 Å². The van der Waals surface area contributed by atoms with E-state index in [1.54, 1.807) is 0 Å². The number of ether oxygens (including phenoxy) is 6. The fourth-order valence-electron chi connectivity index (χ4n) is 5.19. The first-order valence-corrected chi connectivity index (χ1v) is 13.4. The van der Waals surface area contributed by atoms with Crippen molar-refractivity contribution in [1.29, 1.82) is 0 Å². The average Bonchev–Trinajstić information content (AvgIpc) is 3.26. The second kappa shape index (κ2) is 13.3. The number of hydrogen-bond acceptors (Lipinski definition) is 12. The third-order valence-corrected chi connectivity index (χ3v) is 6.84. The molecule has 1 aliphatic carbocycles. The molecule has 4 rings (SSSR count). The van der Waals surface area contributed by atoms with E-state index in [1.807, 2.05) is 48.5 Å². The Morgan fingerprint density at radius 1 is 0.881 bits per heavy atom. The van der Waals surface area contributed by atoms with Crippen LogP contribution in [0.1, 0.15) is 37.8 Å². The van der Waals surface area contributed by atoms with Gasteiger partial charge in [0.25, 0.3) is 0 Å². The summed E-state index contributed by atoms with van der Waals surface area (Å²) in [6.45, 7) is 2.62. The average molecular weight is 587 g/mol. The zero-order valence-electron chi connectivity index (χ0n) is 23.4. The first-order valence-electron chi connectivity index (χ1n) is 13.4. The van der Waals surface area contributed by atoms with Crippen LogP contribution in [-0.2, 0) is 42.8 Å². The maximum absolute atomic E-state index is 13.2. The minimum atomic E-state index is -2.63. The van der Waals surface area contributed by atoms with Crippen LogP contribution in [-0.4, -0.2) is 85.8 Å². The van der Waals surface area contributed by atoms with Crippen molar-refractivity contribution in [3.05, 3.63) is 59.7 Å². The topological polar surface area (TPSA) is 182 Å². The maximum atomic E-state index is 13.2. The Bertz CT molecular complexity index is 1270. The number of alkyl carbamates (subject to hydrolysis) is 1. The van der Waals surface area contributed by atoms with Crippen LogP contribution in [0.15, 0.2) is 48.5 Å². The van der Waals surface area contributed by atoms with E-state index in [4.69, 9.17) is 34.2 Å². The first-order chi connectivity index (χ1) is 20.0. The van der Waals surface area contributed by atoms with Gasteiger partial charge in [-0.3, -0.25) is 19.7 Å². The van der Waals surface area contributed by atoms with Gasteiger partial charge >= 0.3 is 24.0 Å². The second-order valence-electron chi connectivity index (χ2n) is 9.85. The van der Waals surface area contributed by atoms with Crippen molar-refractivity contribution in [1.82, 2.24) is 5.32 Å². The fraction of sp³-hybridized carbons (Fsp3) is 0.448. The van der Waals surface area contributed by atoms with E-state index in [0.717, 1.165) is 43.0 Å². The van der Waals surface area contributed by atoms with Gasteiger partial charge in [0, 0.05) is 33.2 Å². The second-order valence-corrected chi connectivity index (χ2v) is 9.85. The molecule has 1 fully saturated rings. The molecule has 226 valence electrons. The van der Waals surface area contributed by atoms with Crippen molar-refractivity contribution < 1.29 is 52.7 Å². The molecule has 13 nitrogen and oxygen atoms in total. The molecule has 1 heterocycles. The third-order valence-electron chi connectivity index (χ3n) is 6.84. The normalized spacial score (nSPS) is 24.6. The molecule has 1 aliphatic heterocycles. The molecule has 1 saturated heterocycles. The molecule has 5 atom stereocenters. The Morgan fingerprint density at radius 3 is 2.02 bits per heavy atom. The van der Waals surface area contributed by atoms with Crippen molar-refractivity contribution >= 4 is 24.0 Å². The van der Waals surface area contributed by atoms with E-state index in [0.29, 0.717) is 0 Å². The predicted octanol–water partition coefficient (Wildman–Crippen LogP) is 1.34. The number of hydrogen-bond donors (Lipinski definition) is 3. The molecule has 0 aromatic heterocycles. The van der Waals surface area contributed by atoms with Gasteiger partial charge in [-0.05, 0) is 22.3 Å². The molecule has 2 aliphatic rings. The van der Waals surface area contributed by atoms with E-state index in [9.17, 15) is 24.3 Å². The maximum Gasteiger partial charge on any atom is 0.409 e. The summed E-state index contributed by atoms with van der Waals surface area (Å²) >= 11 is 0. The zero-order chi connectivity index (χ0) is 30.4. The number of nitrogens with one attached hydrogen (secondary N) is 1. The van der Waals surface area contributed by atoms with Gasteiger partial charge < -0.3 is 39.3 Å². The Morgan fingerprint density at radius 2 is 1.48 bits per heavy atom. The van der Waals surface area contributed by atoms with Crippen molar-refractivity contribution in [2.45, 2.75) is 57.0 Å². The number of esters is 3. The van der Waals surface area contributed by atoms with Crippen LogP contribution in [0.2, 0.25) is 0 Å². The zero-order valence-corrected chi connectivity index (χ0v) is 23.4. The van der Waals surface area contributed by atoms with Crippen molar-refractivity contribution in [3.63, 3.8) is 0 Å². The number of carbonyl (C=O) groups excluding carboxylic acids is 4. The first kappa shape index (κ1) is 30.9. The summed E-state index contributed by atoms with van der Waals surface area (Å²) in [6.07, 6.45) is -7.35. The number of carbonyl (C=O) groups is 4. The summed E-state index contributed by atoms with van der Waals surface area (Å²) in [7, 11) is 0. The lowest BCUT2D eigenvalue weighted by molar-refractivity contribution is -0.348. The van der Waals surface area contributed by atoms with Gasteiger partial charge in [-0.25, -0.2) is 4.79 Å². The summed E-state index contributed by atoms with van der Waals surface area (Å²) in [4.78, 5) is 48.9. The van der Waals surface area contributed by atoms with Crippen LogP contribution >= 0.6 is 0 Å². The largest absolute Gasteiger partial charge is 0.463 e. The highest BCUT2D eigenvalue weighted by atomic mass is 16.7. The molecule has 42 heavy (non-hydrogen) atoms. The third kappa shape index (κ3) is 6.71. The lowest BCUT2D eigenvalue weighted by atomic mass is 9.92. The van der Waals surface area contributed by atoms with E-state index < -0.39 is 60.9 Å². The molecule has 0 unspecified atom stereocenters. The van der Waals surface area contributed by atoms with Crippen LogP contribution in [0.3, 0.4) is 0 Å². The lowest BCUT2D eigenvalue weighted by Crippen LogP contribution is -2.75. The van der Waals surface area contributed by atoms with E-state index in [1.165, 1.54) is 0 Å². The van der Waals surface area contributed by atoms with E-state index in [2.05, 4.69) is 5.32 Å². The SMILES string of the molecule is CC(=O)OC[C@H]1O[C@@H](OCCN)[C@](O)(NC(=O)OCC2c3ccccc3-c3ccccc32)[C@@H](OC(C)=O)[C@H]1OC(C)=O. The molecular weight excluding hydrogens is 552 g/mol. The number of benzene rings is 2. The molecule has 1 amide bonds. The summed E-state index contributed by atoms with van der Waals surface area (Å²) in [6, 6.07) is 15.5. The summed E-state index contributed by atoms with van der Waals surface area (Å²) in [5.41, 5.74) is 6.93. The summed E-state index contributed by atoms with van der Waals surface area (Å²) < 4.78 is 32.7. The number of nitrogens with two attached hydrogens (primary N) is 1. The Hall–Kier alpha value is -4.04. The van der Waals surface area contributed by atoms with Crippen LogP contribution < -0.4 is 11.1 Å². The molecule has 0 radical (unpaired) electrons. The highest BCUT2D eigenvalue weighted by molar-refractivity contribution is 5.79. The highest BCUT2D eigenvalue weighted by Gasteiger charge is 2.61. The molecule has 0 bridgehead atoms. The standard InChI is InChI=1S/C29H34N2O11/c1-16(32)38-15-24-25(40-17(2)33)26(41-18(3)34)29(36,27(42-24)37-13-12-30)31-28(35)39-14-23-21-10-6-4-8-19(21)20-9-5-7-11-22(20)23/h4-11,23-27,36H,12-15,30H2,1-3H3,(H,31,35)/t24-,25+,26+,27-,29+/m1/s1. The monoisotopic (exact) mass is 586 g/mol. The van der Waals surface area contributed by atoms with Gasteiger partial charge in [0.2, 0.25) is 12.0 Å². The summed E-state index contributed by atoms with van der Waals surface area (Å²) in [5.74, 6) is -2.65. The van der Waals surface area contributed by atoms with Gasteiger partial charge in [0.15, 0.2) is 12.2 Å². The van der Waals surface area contributed by atoms with Crippen LogP contribution in [0.4, 0.5) is 4.79 Å².